The van der Waals surface area contributed by atoms with Gasteiger partial charge in [-0.15, -0.1) is 0 Å². The topological polar surface area (TPSA) is 66.9 Å². The van der Waals surface area contributed by atoms with Crippen LogP contribution < -0.4 is 10.6 Å². The summed E-state index contributed by atoms with van der Waals surface area (Å²) < 4.78 is 0. The van der Waals surface area contributed by atoms with Gasteiger partial charge in [-0.2, -0.15) is 0 Å². The normalized spacial score (nSPS) is 10.3. The van der Waals surface area contributed by atoms with Gasteiger partial charge in [-0.25, -0.2) is 0 Å². The van der Waals surface area contributed by atoms with Gasteiger partial charge < -0.3 is 10.6 Å². The lowest BCUT2D eigenvalue weighted by atomic mass is 10.2. The number of carbonyl (C=O) groups excluding carboxylic acids is 1. The number of pyridine rings is 2. The highest BCUT2D eigenvalue weighted by molar-refractivity contribution is 5.93. The molecule has 110 valence electrons. The number of amides is 1. The van der Waals surface area contributed by atoms with Crippen molar-refractivity contribution >= 4 is 5.91 Å². The van der Waals surface area contributed by atoms with E-state index >= 15 is 0 Å². The van der Waals surface area contributed by atoms with E-state index in [-0.39, 0.29) is 5.91 Å². The Balaban J connectivity index is 1.59. The summed E-state index contributed by atoms with van der Waals surface area (Å²) in [6, 6.07) is 7.59. The smallest absolute Gasteiger partial charge is 0.252 e. The fraction of sp³-hybridized carbons (Fsp3) is 0.312. The van der Waals surface area contributed by atoms with Crippen molar-refractivity contribution in [1.29, 1.82) is 0 Å². The summed E-state index contributed by atoms with van der Waals surface area (Å²) in [6.45, 7) is 4.19. The highest BCUT2D eigenvalue weighted by Crippen LogP contribution is 1.99. The van der Waals surface area contributed by atoms with E-state index in [2.05, 4.69) is 20.6 Å². The number of carbonyl (C=O) groups is 1. The molecule has 0 aliphatic heterocycles. The average Bonchev–Trinajstić information content (AvgIpc) is 2.52. The summed E-state index contributed by atoms with van der Waals surface area (Å²) in [5.74, 6) is -0.0743. The monoisotopic (exact) mass is 284 g/mol. The number of aromatic nitrogens is 2. The Morgan fingerprint density at radius 3 is 2.81 bits per heavy atom. The van der Waals surface area contributed by atoms with E-state index in [9.17, 15) is 4.79 Å². The third-order valence-electron chi connectivity index (χ3n) is 3.04. The average molecular weight is 284 g/mol. The second kappa shape index (κ2) is 8.11. The van der Waals surface area contributed by atoms with Gasteiger partial charge in [0.15, 0.2) is 0 Å². The van der Waals surface area contributed by atoms with Crippen molar-refractivity contribution in [3.8, 4) is 0 Å². The van der Waals surface area contributed by atoms with Crippen LogP contribution in [0.25, 0.3) is 0 Å². The number of hydrogen-bond donors (Lipinski definition) is 2. The summed E-state index contributed by atoms with van der Waals surface area (Å²) >= 11 is 0. The molecule has 0 bridgehead atoms. The van der Waals surface area contributed by atoms with Crippen LogP contribution in [0, 0.1) is 6.92 Å². The van der Waals surface area contributed by atoms with Gasteiger partial charge >= 0.3 is 0 Å². The van der Waals surface area contributed by atoms with Gasteiger partial charge in [-0.05, 0) is 43.7 Å². The minimum Gasteiger partial charge on any atom is -0.352 e. The summed E-state index contributed by atoms with van der Waals surface area (Å²) in [5, 5.41) is 6.20. The Hall–Kier alpha value is -2.27. The molecule has 2 rings (SSSR count). The first-order valence-corrected chi connectivity index (χ1v) is 7.06. The van der Waals surface area contributed by atoms with Crippen LogP contribution >= 0.6 is 0 Å². The zero-order valence-electron chi connectivity index (χ0n) is 12.2. The second-order valence-electron chi connectivity index (χ2n) is 4.84. The van der Waals surface area contributed by atoms with Crippen LogP contribution in [0.5, 0.6) is 0 Å². The number of nitrogens with zero attached hydrogens (tertiary/aromatic N) is 2. The highest BCUT2D eigenvalue weighted by atomic mass is 16.1. The summed E-state index contributed by atoms with van der Waals surface area (Å²) in [5.41, 5.74) is 2.67. The molecule has 0 aromatic carbocycles. The molecule has 0 aliphatic carbocycles. The molecule has 2 N–H and O–H groups in total. The number of rotatable bonds is 7. The molecule has 0 fully saturated rings. The highest BCUT2D eigenvalue weighted by Gasteiger charge is 2.04. The van der Waals surface area contributed by atoms with Crippen molar-refractivity contribution in [2.75, 3.05) is 13.1 Å². The van der Waals surface area contributed by atoms with Gasteiger partial charge in [0.2, 0.25) is 0 Å². The SMILES string of the molecule is Cc1ccc(C(=O)NCCCNCc2cccnc2)cn1. The quantitative estimate of drug-likeness (QED) is 0.759. The second-order valence-corrected chi connectivity index (χ2v) is 4.84. The summed E-state index contributed by atoms with van der Waals surface area (Å²) in [6.07, 6.45) is 6.09. The minimum absolute atomic E-state index is 0.0743. The first-order chi connectivity index (χ1) is 10.3. The Morgan fingerprint density at radius 1 is 1.19 bits per heavy atom. The van der Waals surface area contributed by atoms with Gasteiger partial charge in [0.25, 0.3) is 5.91 Å². The Morgan fingerprint density at radius 2 is 2.10 bits per heavy atom. The van der Waals surface area contributed by atoms with Crippen molar-refractivity contribution in [1.82, 2.24) is 20.6 Å². The van der Waals surface area contributed by atoms with Crippen LogP contribution in [-0.2, 0) is 6.54 Å². The van der Waals surface area contributed by atoms with Gasteiger partial charge in [-0.3, -0.25) is 14.8 Å². The maximum Gasteiger partial charge on any atom is 0.252 e. The third kappa shape index (κ3) is 5.31. The molecule has 5 nitrogen and oxygen atoms in total. The molecular formula is C16H20N4O. The fourth-order valence-corrected chi connectivity index (χ4v) is 1.85. The molecule has 5 heteroatoms. The molecule has 2 aromatic heterocycles. The van der Waals surface area contributed by atoms with Crippen LogP contribution in [0.4, 0.5) is 0 Å². The van der Waals surface area contributed by atoms with Crippen LogP contribution in [-0.4, -0.2) is 29.0 Å². The van der Waals surface area contributed by atoms with Crippen LogP contribution in [0.15, 0.2) is 42.9 Å². The summed E-state index contributed by atoms with van der Waals surface area (Å²) in [4.78, 5) is 20.0. The van der Waals surface area contributed by atoms with E-state index in [1.165, 1.54) is 0 Å². The number of aryl methyl sites for hydroxylation is 1. The van der Waals surface area contributed by atoms with E-state index in [0.29, 0.717) is 12.1 Å². The number of hydrogen-bond acceptors (Lipinski definition) is 4. The minimum atomic E-state index is -0.0743. The molecule has 0 unspecified atom stereocenters. The number of nitrogens with one attached hydrogen (secondary N) is 2. The lowest BCUT2D eigenvalue weighted by molar-refractivity contribution is 0.0953. The zero-order chi connectivity index (χ0) is 14.9. The molecule has 0 spiro atoms. The molecule has 2 heterocycles. The largest absolute Gasteiger partial charge is 0.352 e. The van der Waals surface area contributed by atoms with E-state index in [1.807, 2.05) is 31.3 Å². The van der Waals surface area contributed by atoms with E-state index in [0.717, 1.165) is 30.8 Å². The molecule has 0 atom stereocenters. The Bertz CT molecular complexity index is 554. The van der Waals surface area contributed by atoms with E-state index in [4.69, 9.17) is 0 Å². The maximum absolute atomic E-state index is 11.8. The van der Waals surface area contributed by atoms with Gasteiger partial charge in [0, 0.05) is 37.4 Å². The predicted octanol–water partition coefficient (Wildman–Crippen LogP) is 1.69. The predicted molar refractivity (Wildman–Crippen MR) is 81.9 cm³/mol. The first kappa shape index (κ1) is 15.1. The summed E-state index contributed by atoms with van der Waals surface area (Å²) in [7, 11) is 0. The van der Waals surface area contributed by atoms with Gasteiger partial charge in [0.1, 0.15) is 0 Å². The lowest BCUT2D eigenvalue weighted by Gasteiger charge is -2.06. The lowest BCUT2D eigenvalue weighted by Crippen LogP contribution is -2.27. The Labute approximate surface area is 124 Å². The van der Waals surface area contributed by atoms with Crippen LogP contribution in [0.1, 0.15) is 28.0 Å². The molecular weight excluding hydrogens is 264 g/mol. The zero-order valence-corrected chi connectivity index (χ0v) is 12.2. The van der Waals surface area contributed by atoms with Crippen molar-refractivity contribution in [2.45, 2.75) is 19.9 Å². The van der Waals surface area contributed by atoms with Crippen LogP contribution in [0.3, 0.4) is 0 Å². The molecule has 0 saturated heterocycles. The van der Waals surface area contributed by atoms with Crippen molar-refractivity contribution < 1.29 is 4.79 Å². The third-order valence-corrected chi connectivity index (χ3v) is 3.04. The standard InChI is InChI=1S/C16H20N4O/c1-13-5-6-15(12-20-13)16(21)19-9-3-8-18-11-14-4-2-7-17-10-14/h2,4-7,10,12,18H,3,8-9,11H2,1H3,(H,19,21). The maximum atomic E-state index is 11.8. The van der Waals surface area contributed by atoms with Gasteiger partial charge in [0.05, 0.1) is 5.56 Å². The van der Waals surface area contributed by atoms with E-state index in [1.54, 1.807) is 18.5 Å². The van der Waals surface area contributed by atoms with Crippen molar-refractivity contribution in [3.63, 3.8) is 0 Å². The molecule has 2 aromatic rings. The first-order valence-electron chi connectivity index (χ1n) is 7.06. The fourth-order valence-electron chi connectivity index (χ4n) is 1.85. The molecule has 21 heavy (non-hydrogen) atoms. The van der Waals surface area contributed by atoms with Crippen molar-refractivity contribution in [3.05, 3.63) is 59.7 Å². The molecule has 0 saturated carbocycles. The Kier molecular flexibility index (Phi) is 5.84. The molecule has 0 radical (unpaired) electrons. The molecule has 1 amide bonds. The van der Waals surface area contributed by atoms with Crippen molar-refractivity contribution in [2.24, 2.45) is 0 Å². The van der Waals surface area contributed by atoms with Crippen LogP contribution in [0.2, 0.25) is 0 Å². The van der Waals surface area contributed by atoms with E-state index < -0.39 is 0 Å². The molecule has 0 aliphatic rings. The van der Waals surface area contributed by atoms with Gasteiger partial charge in [-0.1, -0.05) is 6.07 Å².